The van der Waals surface area contributed by atoms with E-state index in [1.165, 1.54) is 49.8 Å². The molecule has 0 saturated carbocycles. The van der Waals surface area contributed by atoms with Crippen molar-refractivity contribution in [1.82, 2.24) is 0 Å². The Bertz CT molecular complexity index is 379. The Kier molecular flexibility index (Phi) is 6.62. The van der Waals surface area contributed by atoms with Gasteiger partial charge < -0.3 is 9.84 Å². The van der Waals surface area contributed by atoms with Crippen LogP contribution in [0.15, 0.2) is 36.6 Å². The SMILES string of the molecule is CCCCCC/C=C/OC(=O)c1ccc(O)cc1. The largest absolute Gasteiger partial charge is 0.508 e. The number of benzene rings is 1. The van der Waals surface area contributed by atoms with Crippen LogP contribution in [-0.4, -0.2) is 11.1 Å². The van der Waals surface area contributed by atoms with Crippen molar-refractivity contribution in [3.05, 3.63) is 42.2 Å². The summed E-state index contributed by atoms with van der Waals surface area (Å²) in [6.45, 7) is 2.18. The standard InChI is InChI=1S/C15H20O3/c1-2-3-4-5-6-7-12-18-15(17)13-8-10-14(16)11-9-13/h7-12,16H,2-6H2,1H3/b12-7+. The molecule has 98 valence electrons. The number of carbonyl (C=O) groups excluding carboxylic acids is 1. The van der Waals surface area contributed by atoms with Crippen molar-refractivity contribution in [1.29, 1.82) is 0 Å². The van der Waals surface area contributed by atoms with Crippen molar-refractivity contribution in [2.24, 2.45) is 0 Å². The number of phenolic OH excluding ortho intramolecular Hbond substituents is 1. The zero-order valence-corrected chi connectivity index (χ0v) is 10.8. The van der Waals surface area contributed by atoms with E-state index in [1.807, 2.05) is 6.08 Å². The molecular weight excluding hydrogens is 228 g/mol. The van der Waals surface area contributed by atoms with E-state index in [-0.39, 0.29) is 5.75 Å². The molecule has 0 spiro atoms. The van der Waals surface area contributed by atoms with Gasteiger partial charge in [-0.1, -0.05) is 26.2 Å². The molecule has 0 saturated heterocycles. The Labute approximate surface area is 108 Å². The predicted molar refractivity (Wildman–Crippen MR) is 71.4 cm³/mol. The summed E-state index contributed by atoms with van der Waals surface area (Å²) < 4.78 is 4.97. The van der Waals surface area contributed by atoms with Gasteiger partial charge >= 0.3 is 5.97 Å². The van der Waals surface area contributed by atoms with Crippen LogP contribution in [0.25, 0.3) is 0 Å². The number of allylic oxidation sites excluding steroid dienone is 1. The van der Waals surface area contributed by atoms with Crippen LogP contribution in [-0.2, 0) is 4.74 Å². The molecule has 0 bridgehead atoms. The fraction of sp³-hybridized carbons (Fsp3) is 0.400. The maximum Gasteiger partial charge on any atom is 0.342 e. The molecule has 18 heavy (non-hydrogen) atoms. The number of ether oxygens (including phenoxy) is 1. The van der Waals surface area contributed by atoms with Gasteiger partial charge in [0.1, 0.15) is 5.75 Å². The Balaban J connectivity index is 2.24. The normalized spacial score (nSPS) is 10.7. The highest BCUT2D eigenvalue weighted by Crippen LogP contribution is 2.10. The highest BCUT2D eigenvalue weighted by Gasteiger charge is 2.04. The predicted octanol–water partition coefficient (Wildman–Crippen LogP) is 4.03. The molecule has 0 aliphatic rings. The number of hydrogen-bond donors (Lipinski definition) is 1. The molecular formula is C15H20O3. The third-order valence-electron chi connectivity index (χ3n) is 2.60. The molecule has 1 N–H and O–H groups in total. The number of hydrogen-bond acceptors (Lipinski definition) is 3. The van der Waals surface area contributed by atoms with E-state index in [2.05, 4.69) is 6.92 Å². The van der Waals surface area contributed by atoms with Crippen LogP contribution in [0.1, 0.15) is 49.4 Å². The topological polar surface area (TPSA) is 46.5 Å². The zero-order valence-electron chi connectivity index (χ0n) is 10.8. The van der Waals surface area contributed by atoms with Crippen LogP contribution >= 0.6 is 0 Å². The van der Waals surface area contributed by atoms with Crippen LogP contribution in [0.2, 0.25) is 0 Å². The summed E-state index contributed by atoms with van der Waals surface area (Å²) in [5.41, 5.74) is 0.434. The Hall–Kier alpha value is -1.77. The van der Waals surface area contributed by atoms with Crippen molar-refractivity contribution in [2.45, 2.75) is 39.0 Å². The Morgan fingerprint density at radius 2 is 1.94 bits per heavy atom. The van der Waals surface area contributed by atoms with Crippen molar-refractivity contribution >= 4 is 5.97 Å². The minimum absolute atomic E-state index is 0.137. The van der Waals surface area contributed by atoms with Gasteiger partial charge in [-0.2, -0.15) is 0 Å². The molecule has 1 aromatic rings. The average molecular weight is 248 g/mol. The lowest BCUT2D eigenvalue weighted by Gasteiger charge is -1.99. The van der Waals surface area contributed by atoms with E-state index < -0.39 is 5.97 Å². The fourth-order valence-corrected chi connectivity index (χ4v) is 1.53. The highest BCUT2D eigenvalue weighted by molar-refractivity contribution is 5.89. The van der Waals surface area contributed by atoms with Gasteiger partial charge in [0.25, 0.3) is 0 Å². The molecule has 0 aromatic heterocycles. The summed E-state index contributed by atoms with van der Waals surface area (Å²) in [6, 6.07) is 6.00. The summed E-state index contributed by atoms with van der Waals surface area (Å²) in [5, 5.41) is 9.09. The number of rotatable bonds is 7. The minimum Gasteiger partial charge on any atom is -0.508 e. The second kappa shape index (κ2) is 8.34. The summed E-state index contributed by atoms with van der Waals surface area (Å²) in [7, 11) is 0. The third-order valence-corrected chi connectivity index (χ3v) is 2.60. The van der Waals surface area contributed by atoms with Crippen molar-refractivity contribution in [3.63, 3.8) is 0 Å². The van der Waals surface area contributed by atoms with E-state index in [0.29, 0.717) is 5.56 Å². The van der Waals surface area contributed by atoms with E-state index >= 15 is 0 Å². The minimum atomic E-state index is -0.403. The smallest absolute Gasteiger partial charge is 0.342 e. The van der Waals surface area contributed by atoms with Gasteiger partial charge in [-0.3, -0.25) is 0 Å². The molecule has 0 radical (unpaired) electrons. The Morgan fingerprint density at radius 1 is 1.22 bits per heavy atom. The second-order valence-electron chi connectivity index (χ2n) is 4.17. The number of aromatic hydroxyl groups is 1. The molecule has 3 heteroatoms. The van der Waals surface area contributed by atoms with Crippen molar-refractivity contribution < 1.29 is 14.6 Å². The number of phenols is 1. The molecule has 0 fully saturated rings. The monoisotopic (exact) mass is 248 g/mol. The van der Waals surface area contributed by atoms with Gasteiger partial charge in [-0.15, -0.1) is 0 Å². The third kappa shape index (κ3) is 5.53. The van der Waals surface area contributed by atoms with E-state index in [0.717, 1.165) is 12.8 Å². The lowest BCUT2D eigenvalue weighted by Crippen LogP contribution is -1.99. The first kappa shape index (κ1) is 14.3. The summed E-state index contributed by atoms with van der Waals surface area (Å²) in [6.07, 6.45) is 9.06. The fourth-order valence-electron chi connectivity index (χ4n) is 1.53. The van der Waals surface area contributed by atoms with E-state index in [1.54, 1.807) is 0 Å². The average Bonchev–Trinajstić information content (AvgIpc) is 2.38. The van der Waals surface area contributed by atoms with Crippen LogP contribution < -0.4 is 0 Å². The first-order valence-corrected chi connectivity index (χ1v) is 6.39. The van der Waals surface area contributed by atoms with Crippen LogP contribution in [0.3, 0.4) is 0 Å². The lowest BCUT2D eigenvalue weighted by molar-refractivity contribution is 0.0662. The second-order valence-corrected chi connectivity index (χ2v) is 4.17. The van der Waals surface area contributed by atoms with Crippen molar-refractivity contribution in [3.8, 4) is 5.75 Å². The highest BCUT2D eigenvalue weighted by atomic mass is 16.5. The first-order chi connectivity index (χ1) is 8.74. The van der Waals surface area contributed by atoms with Gasteiger partial charge in [0.2, 0.25) is 0 Å². The van der Waals surface area contributed by atoms with Crippen LogP contribution in [0, 0.1) is 0 Å². The Morgan fingerprint density at radius 3 is 2.61 bits per heavy atom. The first-order valence-electron chi connectivity index (χ1n) is 6.39. The quantitative estimate of drug-likeness (QED) is 0.450. The van der Waals surface area contributed by atoms with Gasteiger partial charge in [0.05, 0.1) is 11.8 Å². The molecule has 0 atom stereocenters. The molecule has 0 aliphatic carbocycles. The zero-order chi connectivity index (χ0) is 13.2. The molecule has 1 aromatic carbocycles. The van der Waals surface area contributed by atoms with Gasteiger partial charge in [0, 0.05) is 0 Å². The van der Waals surface area contributed by atoms with Crippen molar-refractivity contribution in [2.75, 3.05) is 0 Å². The van der Waals surface area contributed by atoms with Crippen LogP contribution in [0.5, 0.6) is 5.75 Å². The summed E-state index contributed by atoms with van der Waals surface area (Å²) >= 11 is 0. The molecule has 0 heterocycles. The molecule has 1 rings (SSSR count). The van der Waals surface area contributed by atoms with Crippen LogP contribution in [0.4, 0.5) is 0 Å². The molecule has 3 nitrogen and oxygen atoms in total. The number of esters is 1. The summed E-state index contributed by atoms with van der Waals surface area (Å²) in [4.78, 5) is 11.5. The van der Waals surface area contributed by atoms with Gasteiger partial charge in [-0.05, 0) is 43.2 Å². The maximum atomic E-state index is 11.5. The summed E-state index contributed by atoms with van der Waals surface area (Å²) in [5.74, 6) is -0.266. The van der Waals surface area contributed by atoms with Gasteiger partial charge in [-0.25, -0.2) is 4.79 Å². The number of carbonyl (C=O) groups is 1. The molecule has 0 unspecified atom stereocenters. The number of unbranched alkanes of at least 4 members (excludes halogenated alkanes) is 4. The van der Waals surface area contributed by atoms with E-state index in [9.17, 15) is 4.79 Å². The maximum absolute atomic E-state index is 11.5. The molecule has 0 aliphatic heterocycles. The molecule has 0 amide bonds. The van der Waals surface area contributed by atoms with Gasteiger partial charge in [0.15, 0.2) is 0 Å². The lowest BCUT2D eigenvalue weighted by atomic mass is 10.1. The van der Waals surface area contributed by atoms with E-state index in [4.69, 9.17) is 9.84 Å².